The van der Waals surface area contributed by atoms with Gasteiger partial charge in [0.05, 0.1) is 6.54 Å². The monoisotopic (exact) mass is 318 g/mol. The molecule has 3 rings (SSSR count). The number of nitrogens with zero attached hydrogens (tertiary/aromatic N) is 5. The Morgan fingerprint density at radius 1 is 1.13 bits per heavy atom. The molecular weight excluding hydrogens is 296 g/mol. The molecule has 0 unspecified atom stereocenters. The Morgan fingerprint density at radius 3 is 2.74 bits per heavy atom. The van der Waals surface area contributed by atoms with Crippen LogP contribution in [0.3, 0.4) is 0 Å². The van der Waals surface area contributed by atoms with Gasteiger partial charge in [0.1, 0.15) is 18.0 Å². The number of rotatable bonds is 3. The highest BCUT2D eigenvalue weighted by Gasteiger charge is 2.26. The lowest BCUT2D eigenvalue weighted by Crippen LogP contribution is -2.42. The molecule has 0 aliphatic carbocycles. The molecule has 2 aliphatic rings. The first-order valence-electron chi connectivity index (χ1n) is 8.01. The third-order valence-electron chi connectivity index (χ3n) is 4.34. The molecule has 2 saturated heterocycles. The first kappa shape index (κ1) is 15.5. The van der Waals surface area contributed by atoms with E-state index in [2.05, 4.69) is 14.9 Å². The number of hydrogen-bond donors (Lipinski definition) is 1. The summed E-state index contributed by atoms with van der Waals surface area (Å²) >= 11 is 0. The van der Waals surface area contributed by atoms with Crippen LogP contribution in [0.15, 0.2) is 12.4 Å². The first-order valence-corrected chi connectivity index (χ1v) is 8.01. The highest BCUT2D eigenvalue weighted by molar-refractivity contribution is 5.85. The second kappa shape index (κ2) is 6.80. The van der Waals surface area contributed by atoms with Gasteiger partial charge in [-0.1, -0.05) is 0 Å². The van der Waals surface area contributed by atoms with E-state index in [1.165, 1.54) is 6.33 Å². The van der Waals surface area contributed by atoms with Crippen molar-refractivity contribution in [1.29, 1.82) is 0 Å². The fraction of sp³-hybridized carbons (Fsp3) is 0.600. The normalized spacial score (nSPS) is 19.1. The minimum absolute atomic E-state index is 0.0318. The van der Waals surface area contributed by atoms with Crippen LogP contribution < -0.4 is 10.6 Å². The van der Waals surface area contributed by atoms with E-state index in [1.54, 1.807) is 11.0 Å². The number of carbonyl (C=O) groups excluding carboxylic acids is 2. The molecule has 2 amide bonds. The number of anilines is 2. The number of aromatic nitrogens is 2. The zero-order chi connectivity index (χ0) is 16.2. The van der Waals surface area contributed by atoms with Crippen molar-refractivity contribution in [3.63, 3.8) is 0 Å². The molecule has 8 heteroatoms. The van der Waals surface area contributed by atoms with Crippen LogP contribution in [-0.4, -0.2) is 70.9 Å². The Balaban J connectivity index is 1.57. The predicted octanol–water partition coefficient (Wildman–Crippen LogP) is -0.280. The van der Waals surface area contributed by atoms with Crippen molar-refractivity contribution in [2.75, 3.05) is 49.9 Å². The topological polar surface area (TPSA) is 95.7 Å². The van der Waals surface area contributed by atoms with Crippen molar-refractivity contribution in [1.82, 2.24) is 19.8 Å². The van der Waals surface area contributed by atoms with Crippen LogP contribution in [-0.2, 0) is 9.59 Å². The summed E-state index contributed by atoms with van der Waals surface area (Å²) in [6.45, 7) is 3.77. The van der Waals surface area contributed by atoms with Crippen molar-refractivity contribution in [3.05, 3.63) is 12.4 Å². The molecular formula is C15H22N6O2. The fourth-order valence-corrected chi connectivity index (χ4v) is 3.06. The molecule has 0 bridgehead atoms. The van der Waals surface area contributed by atoms with Crippen molar-refractivity contribution < 1.29 is 9.59 Å². The van der Waals surface area contributed by atoms with E-state index in [-0.39, 0.29) is 18.4 Å². The number of nitrogens with two attached hydrogens (primary N) is 1. The molecule has 2 N–H and O–H groups in total. The summed E-state index contributed by atoms with van der Waals surface area (Å²) in [5.41, 5.74) is 5.70. The highest BCUT2D eigenvalue weighted by atomic mass is 16.2. The zero-order valence-electron chi connectivity index (χ0n) is 13.1. The lowest BCUT2D eigenvalue weighted by Gasteiger charge is -2.24. The summed E-state index contributed by atoms with van der Waals surface area (Å²) < 4.78 is 0. The molecule has 0 atom stereocenters. The van der Waals surface area contributed by atoms with Crippen molar-refractivity contribution in [3.8, 4) is 0 Å². The van der Waals surface area contributed by atoms with Crippen molar-refractivity contribution >= 4 is 23.5 Å². The van der Waals surface area contributed by atoms with Gasteiger partial charge in [0.25, 0.3) is 0 Å². The molecule has 0 saturated carbocycles. The molecule has 2 fully saturated rings. The van der Waals surface area contributed by atoms with Gasteiger partial charge in [-0.2, -0.15) is 0 Å². The van der Waals surface area contributed by atoms with Gasteiger partial charge in [0.15, 0.2) is 0 Å². The lowest BCUT2D eigenvalue weighted by atomic mass is 10.3. The van der Waals surface area contributed by atoms with Crippen molar-refractivity contribution in [2.24, 2.45) is 0 Å². The van der Waals surface area contributed by atoms with Crippen LogP contribution in [0.1, 0.15) is 19.3 Å². The minimum Gasteiger partial charge on any atom is -0.384 e. The van der Waals surface area contributed by atoms with Gasteiger partial charge < -0.3 is 20.4 Å². The van der Waals surface area contributed by atoms with Gasteiger partial charge in [0.2, 0.25) is 11.8 Å². The van der Waals surface area contributed by atoms with Crippen LogP contribution in [0, 0.1) is 0 Å². The summed E-state index contributed by atoms with van der Waals surface area (Å²) in [6, 6.07) is 1.75. The standard InChI is InChI=1S/C15H22N6O2/c16-12-9-13(18-11-17-12)19-5-2-6-20(8-7-19)15(23)10-21-4-1-3-14(21)22/h9,11H,1-8,10H2,(H2,16,17,18). The molecule has 1 aromatic rings. The summed E-state index contributed by atoms with van der Waals surface area (Å²) in [6.07, 6.45) is 3.74. The van der Waals surface area contributed by atoms with E-state index in [4.69, 9.17) is 5.73 Å². The predicted molar refractivity (Wildman–Crippen MR) is 85.7 cm³/mol. The second-order valence-corrected chi connectivity index (χ2v) is 5.94. The lowest BCUT2D eigenvalue weighted by molar-refractivity contribution is -0.138. The number of likely N-dealkylation sites (tertiary alicyclic amines) is 1. The average Bonchev–Trinajstić information content (AvgIpc) is 2.80. The molecule has 2 aliphatic heterocycles. The van der Waals surface area contributed by atoms with E-state index in [0.29, 0.717) is 38.4 Å². The van der Waals surface area contributed by atoms with Crippen LogP contribution in [0.2, 0.25) is 0 Å². The van der Waals surface area contributed by atoms with Gasteiger partial charge in [-0.15, -0.1) is 0 Å². The number of amides is 2. The Morgan fingerprint density at radius 2 is 2.00 bits per heavy atom. The van der Waals surface area contributed by atoms with Crippen LogP contribution in [0.25, 0.3) is 0 Å². The fourth-order valence-electron chi connectivity index (χ4n) is 3.06. The van der Waals surface area contributed by atoms with Crippen molar-refractivity contribution in [2.45, 2.75) is 19.3 Å². The molecule has 23 heavy (non-hydrogen) atoms. The molecule has 0 radical (unpaired) electrons. The van der Waals surface area contributed by atoms with Crippen LogP contribution in [0.5, 0.6) is 0 Å². The molecule has 8 nitrogen and oxygen atoms in total. The maximum atomic E-state index is 12.4. The average molecular weight is 318 g/mol. The molecule has 124 valence electrons. The van der Waals surface area contributed by atoms with Gasteiger partial charge >= 0.3 is 0 Å². The van der Waals surface area contributed by atoms with Gasteiger partial charge in [-0.3, -0.25) is 9.59 Å². The van der Waals surface area contributed by atoms with E-state index < -0.39 is 0 Å². The maximum absolute atomic E-state index is 12.4. The molecule has 3 heterocycles. The quantitative estimate of drug-likeness (QED) is 0.823. The highest BCUT2D eigenvalue weighted by Crippen LogP contribution is 2.15. The number of carbonyl (C=O) groups is 2. The molecule has 1 aromatic heterocycles. The largest absolute Gasteiger partial charge is 0.384 e. The van der Waals surface area contributed by atoms with E-state index in [1.807, 2.05) is 4.90 Å². The number of hydrogen-bond acceptors (Lipinski definition) is 6. The summed E-state index contributed by atoms with van der Waals surface area (Å²) in [5, 5.41) is 0. The molecule has 0 spiro atoms. The van der Waals surface area contributed by atoms with E-state index in [9.17, 15) is 9.59 Å². The molecule has 0 aromatic carbocycles. The summed E-state index contributed by atoms with van der Waals surface area (Å²) in [7, 11) is 0. The van der Waals surface area contributed by atoms with Gasteiger partial charge in [-0.05, 0) is 12.8 Å². The Hall–Kier alpha value is -2.38. The van der Waals surface area contributed by atoms with Crippen LogP contribution >= 0.6 is 0 Å². The SMILES string of the molecule is Nc1cc(N2CCCN(C(=O)CN3CCCC3=O)CC2)ncn1. The Kier molecular flexibility index (Phi) is 4.59. The van der Waals surface area contributed by atoms with E-state index >= 15 is 0 Å². The third-order valence-corrected chi connectivity index (χ3v) is 4.34. The maximum Gasteiger partial charge on any atom is 0.242 e. The van der Waals surface area contributed by atoms with Gasteiger partial charge in [-0.25, -0.2) is 9.97 Å². The minimum atomic E-state index is 0.0318. The second-order valence-electron chi connectivity index (χ2n) is 5.94. The van der Waals surface area contributed by atoms with Gasteiger partial charge in [0, 0.05) is 45.2 Å². The Bertz CT molecular complexity index is 593. The Labute approximate surface area is 135 Å². The van der Waals surface area contributed by atoms with Crippen LogP contribution in [0.4, 0.5) is 11.6 Å². The smallest absolute Gasteiger partial charge is 0.242 e. The van der Waals surface area contributed by atoms with E-state index in [0.717, 1.165) is 25.2 Å². The zero-order valence-corrected chi connectivity index (χ0v) is 13.1. The first-order chi connectivity index (χ1) is 11.1. The summed E-state index contributed by atoms with van der Waals surface area (Å²) in [4.78, 5) is 37.8. The third kappa shape index (κ3) is 3.69. The summed E-state index contributed by atoms with van der Waals surface area (Å²) in [5.74, 6) is 1.36. The number of nitrogen functional groups attached to an aromatic ring is 1.